The molecule has 144 valence electrons. The molecular formula is C20H13N3O5S. The Morgan fingerprint density at radius 1 is 0.966 bits per heavy atom. The summed E-state index contributed by atoms with van der Waals surface area (Å²) in [5.74, 6) is -0.472. The first-order chi connectivity index (χ1) is 13.9. The van der Waals surface area contributed by atoms with Gasteiger partial charge in [-0.25, -0.2) is 17.7 Å². The van der Waals surface area contributed by atoms with Crippen molar-refractivity contribution in [3.8, 4) is 0 Å². The summed E-state index contributed by atoms with van der Waals surface area (Å²) in [6.07, 6.45) is 2.79. The topological polar surface area (TPSA) is 110 Å². The van der Waals surface area contributed by atoms with Gasteiger partial charge in [-0.3, -0.25) is 14.9 Å². The molecule has 0 aliphatic carbocycles. The van der Waals surface area contributed by atoms with Gasteiger partial charge in [0.2, 0.25) is 5.78 Å². The van der Waals surface area contributed by atoms with Gasteiger partial charge >= 0.3 is 0 Å². The minimum Gasteiger partial charge on any atom is -0.287 e. The number of anilines is 1. The molecule has 0 radical (unpaired) electrons. The number of rotatable bonds is 4. The molecule has 1 aromatic heterocycles. The molecule has 0 atom stereocenters. The molecule has 0 amide bonds. The minimum absolute atomic E-state index is 0.0147. The number of nitro benzene ring substituents is 1. The zero-order valence-electron chi connectivity index (χ0n) is 14.8. The number of pyridine rings is 1. The number of nitro groups is 1. The second-order valence-corrected chi connectivity index (χ2v) is 7.95. The number of fused-ring (bicyclic) bond motifs is 1. The van der Waals surface area contributed by atoms with Crippen molar-refractivity contribution in [3.63, 3.8) is 0 Å². The van der Waals surface area contributed by atoms with Gasteiger partial charge in [-0.15, -0.1) is 0 Å². The van der Waals surface area contributed by atoms with Crippen LogP contribution >= 0.6 is 0 Å². The van der Waals surface area contributed by atoms with Gasteiger partial charge in [0.1, 0.15) is 5.70 Å². The fourth-order valence-electron chi connectivity index (χ4n) is 3.00. The lowest BCUT2D eigenvalue weighted by Crippen LogP contribution is -2.29. The Morgan fingerprint density at radius 2 is 1.66 bits per heavy atom. The van der Waals surface area contributed by atoms with Gasteiger partial charge in [-0.05, 0) is 48.0 Å². The average Bonchev–Trinajstić information content (AvgIpc) is 3.01. The standard InChI is InChI=1S/C20H13N3O5S/c24-19-17-7-4-12-21-20(17)22(29(27,28)16-5-2-1-3-6-16)18(19)13-14-8-10-15(11-9-14)23(25)26/h1-13H/b18-13+. The quantitative estimate of drug-likeness (QED) is 0.372. The van der Waals surface area contributed by atoms with Crippen LogP contribution in [-0.4, -0.2) is 24.1 Å². The van der Waals surface area contributed by atoms with Gasteiger partial charge < -0.3 is 0 Å². The van der Waals surface area contributed by atoms with E-state index in [-0.39, 0.29) is 27.7 Å². The third kappa shape index (κ3) is 3.17. The molecule has 0 saturated heterocycles. The number of sulfonamides is 1. The molecule has 0 unspecified atom stereocenters. The Balaban J connectivity index is 1.88. The van der Waals surface area contributed by atoms with Gasteiger partial charge in [0.25, 0.3) is 15.7 Å². The number of allylic oxidation sites excluding steroid dienone is 1. The summed E-state index contributed by atoms with van der Waals surface area (Å²) in [6.45, 7) is 0. The molecule has 9 heteroatoms. The van der Waals surface area contributed by atoms with Crippen LogP contribution < -0.4 is 4.31 Å². The molecule has 3 aromatic rings. The van der Waals surface area contributed by atoms with Crippen molar-refractivity contribution in [3.05, 3.63) is 99.9 Å². The first-order valence-corrected chi connectivity index (χ1v) is 9.90. The number of aromatic nitrogens is 1. The Labute approximate surface area is 165 Å². The van der Waals surface area contributed by atoms with E-state index in [1.807, 2.05) is 0 Å². The van der Waals surface area contributed by atoms with E-state index < -0.39 is 20.7 Å². The van der Waals surface area contributed by atoms with E-state index in [0.717, 1.165) is 4.31 Å². The first kappa shape index (κ1) is 18.5. The van der Waals surface area contributed by atoms with E-state index in [0.29, 0.717) is 5.56 Å². The average molecular weight is 407 g/mol. The lowest BCUT2D eigenvalue weighted by molar-refractivity contribution is -0.384. The molecule has 2 heterocycles. The number of nitrogens with zero attached hydrogens (tertiary/aromatic N) is 3. The molecule has 1 aliphatic rings. The predicted octanol–water partition coefficient (Wildman–Crippen LogP) is 3.42. The van der Waals surface area contributed by atoms with Crippen molar-refractivity contribution in [2.24, 2.45) is 0 Å². The Bertz CT molecular complexity index is 1250. The Morgan fingerprint density at radius 3 is 2.31 bits per heavy atom. The van der Waals surface area contributed by atoms with E-state index >= 15 is 0 Å². The number of benzene rings is 2. The molecule has 2 aromatic carbocycles. The molecule has 0 bridgehead atoms. The summed E-state index contributed by atoms with van der Waals surface area (Å²) < 4.78 is 27.5. The van der Waals surface area contributed by atoms with Crippen LogP contribution in [-0.2, 0) is 10.0 Å². The summed E-state index contributed by atoms with van der Waals surface area (Å²) >= 11 is 0. The summed E-state index contributed by atoms with van der Waals surface area (Å²) in [5, 5.41) is 10.8. The number of non-ortho nitro benzene ring substituents is 1. The van der Waals surface area contributed by atoms with Crippen LogP contribution in [0.4, 0.5) is 11.5 Å². The van der Waals surface area contributed by atoms with Crippen molar-refractivity contribution >= 4 is 33.4 Å². The van der Waals surface area contributed by atoms with E-state index in [9.17, 15) is 23.3 Å². The maximum Gasteiger partial charge on any atom is 0.270 e. The van der Waals surface area contributed by atoms with Gasteiger partial charge in [0.05, 0.1) is 15.4 Å². The predicted molar refractivity (Wildman–Crippen MR) is 106 cm³/mol. The maximum absolute atomic E-state index is 13.3. The molecule has 0 N–H and O–H groups in total. The highest BCUT2D eigenvalue weighted by atomic mass is 32.2. The monoisotopic (exact) mass is 407 g/mol. The number of carbonyl (C=O) groups excluding carboxylic acids is 1. The van der Waals surface area contributed by atoms with Crippen molar-refractivity contribution in [2.45, 2.75) is 4.90 Å². The highest BCUT2D eigenvalue weighted by Crippen LogP contribution is 2.38. The Kier molecular flexibility index (Phi) is 4.44. The lowest BCUT2D eigenvalue weighted by atomic mass is 10.1. The van der Waals surface area contributed by atoms with Crippen molar-refractivity contribution < 1.29 is 18.1 Å². The van der Waals surface area contributed by atoms with Gasteiger partial charge in [-0.1, -0.05) is 18.2 Å². The molecule has 0 spiro atoms. The zero-order valence-corrected chi connectivity index (χ0v) is 15.6. The zero-order chi connectivity index (χ0) is 20.6. The van der Waals surface area contributed by atoms with E-state index in [2.05, 4.69) is 4.98 Å². The smallest absolute Gasteiger partial charge is 0.270 e. The van der Waals surface area contributed by atoms with Gasteiger partial charge in [0, 0.05) is 18.3 Å². The second-order valence-electron chi connectivity index (χ2n) is 6.16. The molecule has 29 heavy (non-hydrogen) atoms. The summed E-state index contributed by atoms with van der Waals surface area (Å²) in [5.41, 5.74) is 0.403. The van der Waals surface area contributed by atoms with E-state index in [1.54, 1.807) is 24.3 Å². The van der Waals surface area contributed by atoms with Crippen molar-refractivity contribution in [2.75, 3.05) is 4.31 Å². The fraction of sp³-hybridized carbons (Fsp3) is 0. The maximum atomic E-state index is 13.3. The second kappa shape index (κ2) is 6.95. The first-order valence-electron chi connectivity index (χ1n) is 8.46. The van der Waals surface area contributed by atoms with Crippen LogP contribution in [0.2, 0.25) is 0 Å². The van der Waals surface area contributed by atoms with Gasteiger partial charge in [-0.2, -0.15) is 0 Å². The number of Topliss-reactive ketones (excluding diaryl/α,β-unsaturated/α-hetero) is 1. The highest BCUT2D eigenvalue weighted by molar-refractivity contribution is 7.93. The van der Waals surface area contributed by atoms with E-state index in [1.165, 1.54) is 54.7 Å². The van der Waals surface area contributed by atoms with Crippen LogP contribution in [0.3, 0.4) is 0 Å². The lowest BCUT2D eigenvalue weighted by Gasteiger charge is -2.19. The molecular weight excluding hydrogens is 394 g/mol. The van der Waals surface area contributed by atoms with Crippen molar-refractivity contribution in [1.29, 1.82) is 0 Å². The van der Waals surface area contributed by atoms with E-state index in [4.69, 9.17) is 0 Å². The Hall–Kier alpha value is -3.85. The molecule has 4 rings (SSSR count). The molecule has 0 saturated carbocycles. The third-order valence-corrected chi connectivity index (χ3v) is 6.08. The largest absolute Gasteiger partial charge is 0.287 e. The summed E-state index contributed by atoms with van der Waals surface area (Å²) in [4.78, 5) is 27.4. The number of carbonyl (C=O) groups is 1. The van der Waals surface area contributed by atoms with Crippen LogP contribution in [0.5, 0.6) is 0 Å². The van der Waals surface area contributed by atoms with Crippen LogP contribution in [0.15, 0.2) is 83.5 Å². The summed E-state index contributed by atoms with van der Waals surface area (Å²) in [7, 11) is -4.10. The van der Waals surface area contributed by atoms with Crippen LogP contribution in [0, 0.1) is 10.1 Å². The van der Waals surface area contributed by atoms with Crippen LogP contribution in [0.25, 0.3) is 6.08 Å². The van der Waals surface area contributed by atoms with Crippen molar-refractivity contribution in [1.82, 2.24) is 4.98 Å². The third-order valence-electron chi connectivity index (χ3n) is 4.36. The molecule has 8 nitrogen and oxygen atoms in total. The highest BCUT2D eigenvalue weighted by Gasteiger charge is 2.41. The number of hydrogen-bond acceptors (Lipinski definition) is 6. The van der Waals surface area contributed by atoms with Crippen LogP contribution in [0.1, 0.15) is 15.9 Å². The normalized spacial score (nSPS) is 14.8. The minimum atomic E-state index is -4.10. The molecule has 1 aliphatic heterocycles. The number of hydrogen-bond donors (Lipinski definition) is 0. The molecule has 0 fully saturated rings. The summed E-state index contributed by atoms with van der Waals surface area (Å²) in [6, 6.07) is 16.3. The fourth-order valence-corrected chi connectivity index (χ4v) is 4.48. The number of ketones is 1. The SMILES string of the molecule is O=C1/C(=C\c2ccc([N+](=O)[O-])cc2)N(S(=O)(=O)c2ccccc2)c2ncccc21. The van der Waals surface area contributed by atoms with Gasteiger partial charge in [0.15, 0.2) is 5.82 Å².